The van der Waals surface area contributed by atoms with Crippen LogP contribution in [-0.4, -0.2) is 13.1 Å². The number of nitrogens with two attached hydrogens (primary N) is 1. The normalized spacial score (nSPS) is 17.6. The molecule has 1 aliphatic heterocycles. The summed E-state index contributed by atoms with van der Waals surface area (Å²) in [4.78, 5) is 0. The smallest absolute Gasteiger partial charge is 0.0638 e. The SMILES string of the molecule is Nc1ccc(CCC2CCNCC2)cc1Cl. The van der Waals surface area contributed by atoms with Gasteiger partial charge in [0.1, 0.15) is 0 Å². The van der Waals surface area contributed by atoms with Gasteiger partial charge in [-0.15, -0.1) is 0 Å². The molecule has 1 aromatic carbocycles. The summed E-state index contributed by atoms with van der Waals surface area (Å²) >= 11 is 6.00. The Kier molecular flexibility index (Phi) is 4.08. The van der Waals surface area contributed by atoms with Gasteiger partial charge in [-0.2, -0.15) is 0 Å². The molecular formula is C13H19ClN2. The predicted molar refractivity (Wildman–Crippen MR) is 69.8 cm³/mol. The number of hydrogen-bond donors (Lipinski definition) is 2. The lowest BCUT2D eigenvalue weighted by molar-refractivity contribution is 0.354. The maximum Gasteiger partial charge on any atom is 0.0638 e. The van der Waals surface area contributed by atoms with Gasteiger partial charge < -0.3 is 11.1 Å². The van der Waals surface area contributed by atoms with Crippen LogP contribution < -0.4 is 11.1 Å². The second-order valence-corrected chi connectivity index (χ2v) is 5.00. The van der Waals surface area contributed by atoms with E-state index >= 15 is 0 Å². The van der Waals surface area contributed by atoms with Gasteiger partial charge in [-0.05, 0) is 62.4 Å². The number of benzene rings is 1. The zero-order chi connectivity index (χ0) is 11.4. The fraction of sp³-hybridized carbons (Fsp3) is 0.538. The monoisotopic (exact) mass is 238 g/mol. The summed E-state index contributed by atoms with van der Waals surface area (Å²) in [7, 11) is 0. The van der Waals surface area contributed by atoms with Gasteiger partial charge in [-0.25, -0.2) is 0 Å². The van der Waals surface area contributed by atoms with E-state index in [1.807, 2.05) is 12.1 Å². The minimum absolute atomic E-state index is 0.673. The minimum Gasteiger partial charge on any atom is -0.398 e. The van der Waals surface area contributed by atoms with Crippen molar-refractivity contribution in [1.82, 2.24) is 5.32 Å². The Labute approximate surface area is 102 Å². The number of nitrogen functional groups attached to an aromatic ring is 1. The maximum atomic E-state index is 6.00. The van der Waals surface area contributed by atoms with Crippen LogP contribution in [0.2, 0.25) is 5.02 Å². The van der Waals surface area contributed by atoms with E-state index in [1.165, 1.54) is 37.9 Å². The van der Waals surface area contributed by atoms with Crippen LogP contribution in [0.3, 0.4) is 0 Å². The van der Waals surface area contributed by atoms with Crippen LogP contribution in [0.25, 0.3) is 0 Å². The topological polar surface area (TPSA) is 38.0 Å². The van der Waals surface area contributed by atoms with Crippen LogP contribution in [0.1, 0.15) is 24.8 Å². The van der Waals surface area contributed by atoms with Crippen molar-refractivity contribution in [3.8, 4) is 0 Å². The number of halogens is 1. The minimum atomic E-state index is 0.673. The van der Waals surface area contributed by atoms with Crippen molar-refractivity contribution in [1.29, 1.82) is 0 Å². The van der Waals surface area contributed by atoms with Gasteiger partial charge in [-0.3, -0.25) is 0 Å². The molecular weight excluding hydrogens is 220 g/mol. The van der Waals surface area contributed by atoms with Crippen LogP contribution in [0.5, 0.6) is 0 Å². The molecule has 0 aromatic heterocycles. The molecule has 1 saturated heterocycles. The lowest BCUT2D eigenvalue weighted by atomic mass is 9.91. The highest BCUT2D eigenvalue weighted by atomic mass is 35.5. The van der Waals surface area contributed by atoms with E-state index < -0.39 is 0 Å². The molecule has 0 radical (unpaired) electrons. The van der Waals surface area contributed by atoms with E-state index in [-0.39, 0.29) is 0 Å². The molecule has 0 saturated carbocycles. The predicted octanol–water partition coefficient (Wildman–Crippen LogP) is 2.85. The fourth-order valence-electron chi connectivity index (χ4n) is 2.27. The quantitative estimate of drug-likeness (QED) is 0.795. The second kappa shape index (κ2) is 5.55. The molecule has 88 valence electrons. The average Bonchev–Trinajstić information content (AvgIpc) is 2.32. The molecule has 0 aliphatic carbocycles. The van der Waals surface area contributed by atoms with Crippen LogP contribution in [0, 0.1) is 5.92 Å². The van der Waals surface area contributed by atoms with Crippen molar-refractivity contribution in [2.75, 3.05) is 18.8 Å². The third-order valence-corrected chi connectivity index (χ3v) is 3.69. The molecule has 1 fully saturated rings. The fourth-order valence-corrected chi connectivity index (χ4v) is 2.47. The Bertz CT molecular complexity index is 346. The first-order valence-corrected chi connectivity index (χ1v) is 6.38. The van der Waals surface area contributed by atoms with Crippen molar-refractivity contribution < 1.29 is 0 Å². The zero-order valence-electron chi connectivity index (χ0n) is 9.51. The van der Waals surface area contributed by atoms with Crippen molar-refractivity contribution in [2.24, 2.45) is 5.92 Å². The van der Waals surface area contributed by atoms with Crippen LogP contribution in [0.4, 0.5) is 5.69 Å². The highest BCUT2D eigenvalue weighted by molar-refractivity contribution is 6.33. The molecule has 2 rings (SSSR count). The summed E-state index contributed by atoms with van der Waals surface area (Å²) < 4.78 is 0. The van der Waals surface area contributed by atoms with Gasteiger partial charge in [-0.1, -0.05) is 17.7 Å². The molecule has 0 bridgehead atoms. The highest BCUT2D eigenvalue weighted by Crippen LogP contribution is 2.23. The van der Waals surface area contributed by atoms with Crippen molar-refractivity contribution in [2.45, 2.75) is 25.7 Å². The summed E-state index contributed by atoms with van der Waals surface area (Å²) in [6, 6.07) is 5.99. The molecule has 16 heavy (non-hydrogen) atoms. The van der Waals surface area contributed by atoms with Crippen LogP contribution in [-0.2, 0) is 6.42 Å². The van der Waals surface area contributed by atoms with Crippen molar-refractivity contribution in [3.05, 3.63) is 28.8 Å². The van der Waals surface area contributed by atoms with Gasteiger partial charge in [0.25, 0.3) is 0 Å². The largest absolute Gasteiger partial charge is 0.398 e. The van der Waals surface area contributed by atoms with E-state index in [9.17, 15) is 0 Å². The molecule has 2 nitrogen and oxygen atoms in total. The Morgan fingerprint density at radius 2 is 2.06 bits per heavy atom. The Morgan fingerprint density at radius 3 is 2.75 bits per heavy atom. The van der Waals surface area contributed by atoms with Gasteiger partial charge in [0.2, 0.25) is 0 Å². The van der Waals surface area contributed by atoms with E-state index in [0.29, 0.717) is 10.7 Å². The highest BCUT2D eigenvalue weighted by Gasteiger charge is 2.12. The third kappa shape index (κ3) is 3.13. The summed E-state index contributed by atoms with van der Waals surface area (Å²) in [6.45, 7) is 2.35. The van der Waals surface area contributed by atoms with E-state index in [1.54, 1.807) is 0 Å². The molecule has 1 heterocycles. The molecule has 1 aromatic rings. The maximum absolute atomic E-state index is 6.00. The van der Waals surface area contributed by atoms with Crippen molar-refractivity contribution in [3.63, 3.8) is 0 Å². The first kappa shape index (κ1) is 11.7. The average molecular weight is 239 g/mol. The van der Waals surface area contributed by atoms with Gasteiger partial charge in [0.15, 0.2) is 0 Å². The number of piperidine rings is 1. The zero-order valence-corrected chi connectivity index (χ0v) is 10.3. The van der Waals surface area contributed by atoms with Crippen LogP contribution in [0.15, 0.2) is 18.2 Å². The molecule has 3 heteroatoms. The van der Waals surface area contributed by atoms with Crippen LogP contribution >= 0.6 is 11.6 Å². The lowest BCUT2D eigenvalue weighted by Gasteiger charge is -2.22. The molecule has 0 unspecified atom stereocenters. The third-order valence-electron chi connectivity index (χ3n) is 3.36. The number of anilines is 1. The molecule has 0 spiro atoms. The number of aryl methyl sites for hydroxylation is 1. The summed E-state index contributed by atoms with van der Waals surface area (Å²) in [6.07, 6.45) is 5.00. The van der Waals surface area contributed by atoms with Gasteiger partial charge in [0.05, 0.1) is 10.7 Å². The molecule has 0 amide bonds. The standard InChI is InChI=1S/C13H19ClN2/c14-12-9-11(3-4-13(12)15)2-1-10-5-7-16-8-6-10/h3-4,9-10,16H,1-2,5-8,15H2. The Morgan fingerprint density at radius 1 is 1.31 bits per heavy atom. The Hall–Kier alpha value is -0.730. The van der Waals surface area contributed by atoms with E-state index in [4.69, 9.17) is 17.3 Å². The summed E-state index contributed by atoms with van der Waals surface area (Å²) in [5.74, 6) is 0.873. The number of hydrogen-bond acceptors (Lipinski definition) is 2. The first-order chi connectivity index (χ1) is 7.75. The van der Waals surface area contributed by atoms with Gasteiger partial charge >= 0.3 is 0 Å². The van der Waals surface area contributed by atoms with Gasteiger partial charge in [0, 0.05) is 0 Å². The second-order valence-electron chi connectivity index (χ2n) is 4.59. The van der Waals surface area contributed by atoms with E-state index in [0.717, 1.165) is 12.3 Å². The number of nitrogens with one attached hydrogen (secondary N) is 1. The van der Waals surface area contributed by atoms with Crippen molar-refractivity contribution >= 4 is 17.3 Å². The van der Waals surface area contributed by atoms with E-state index in [2.05, 4.69) is 11.4 Å². The summed E-state index contributed by atoms with van der Waals surface area (Å²) in [5, 5.41) is 4.07. The number of rotatable bonds is 3. The lowest BCUT2D eigenvalue weighted by Crippen LogP contribution is -2.27. The molecule has 3 N–H and O–H groups in total. The Balaban J connectivity index is 1.86. The molecule has 1 aliphatic rings. The first-order valence-electron chi connectivity index (χ1n) is 6.00. The molecule has 0 atom stereocenters. The summed E-state index contributed by atoms with van der Waals surface area (Å²) in [5.41, 5.74) is 7.66.